The summed E-state index contributed by atoms with van der Waals surface area (Å²) in [6.45, 7) is 8.88. The van der Waals surface area contributed by atoms with Gasteiger partial charge in [0.15, 0.2) is 0 Å². The van der Waals surface area contributed by atoms with Crippen LogP contribution in [0.15, 0.2) is 0 Å². The number of nitrogens with zero attached hydrogens (tertiary/aromatic N) is 6. The standard InChI is InChI=1S/C15H23N7OS/c1-10-16-11(2)22(20-10)8-13-5-4-6-21(7-13)9-14(23)17-15-19-18-12(3)24-15/h13H,4-9H2,1-3H3,(H,17,19,23)/t13-/m0/s1. The number of likely N-dealkylation sites (tertiary alicyclic amines) is 1. The Hall–Kier alpha value is -1.87. The summed E-state index contributed by atoms with van der Waals surface area (Å²) in [6.07, 6.45) is 2.26. The topological polar surface area (TPSA) is 88.8 Å². The van der Waals surface area contributed by atoms with E-state index < -0.39 is 0 Å². The molecule has 1 fully saturated rings. The zero-order valence-electron chi connectivity index (χ0n) is 14.3. The third-order valence-electron chi connectivity index (χ3n) is 4.14. The van der Waals surface area contributed by atoms with Crippen LogP contribution in [0.25, 0.3) is 0 Å². The second-order valence-corrected chi connectivity index (χ2v) is 7.49. The van der Waals surface area contributed by atoms with Crippen molar-refractivity contribution in [1.29, 1.82) is 0 Å². The molecule has 2 aromatic rings. The maximum atomic E-state index is 12.2. The number of carbonyl (C=O) groups excluding carboxylic acids is 1. The molecule has 9 heteroatoms. The van der Waals surface area contributed by atoms with Gasteiger partial charge >= 0.3 is 0 Å². The summed E-state index contributed by atoms with van der Waals surface area (Å²) < 4.78 is 1.98. The van der Waals surface area contributed by atoms with Crippen molar-refractivity contribution in [1.82, 2.24) is 29.9 Å². The van der Waals surface area contributed by atoms with Crippen molar-refractivity contribution in [3.63, 3.8) is 0 Å². The monoisotopic (exact) mass is 349 g/mol. The summed E-state index contributed by atoms with van der Waals surface area (Å²) in [5.41, 5.74) is 0. The molecule has 1 amide bonds. The third kappa shape index (κ3) is 4.35. The van der Waals surface area contributed by atoms with E-state index in [0.717, 1.165) is 49.1 Å². The number of aromatic nitrogens is 5. The van der Waals surface area contributed by atoms with Crippen molar-refractivity contribution in [2.45, 2.75) is 40.2 Å². The summed E-state index contributed by atoms with van der Waals surface area (Å²) in [5.74, 6) is 2.23. The number of carbonyl (C=O) groups is 1. The van der Waals surface area contributed by atoms with Crippen molar-refractivity contribution in [2.24, 2.45) is 5.92 Å². The van der Waals surface area contributed by atoms with Gasteiger partial charge in [-0.2, -0.15) is 5.10 Å². The van der Waals surface area contributed by atoms with E-state index >= 15 is 0 Å². The summed E-state index contributed by atoms with van der Waals surface area (Å²) in [6, 6.07) is 0. The van der Waals surface area contributed by atoms with E-state index in [1.54, 1.807) is 0 Å². The van der Waals surface area contributed by atoms with Crippen LogP contribution in [0.5, 0.6) is 0 Å². The quantitative estimate of drug-likeness (QED) is 0.878. The van der Waals surface area contributed by atoms with Crippen molar-refractivity contribution < 1.29 is 4.79 Å². The van der Waals surface area contributed by atoms with Crippen LogP contribution >= 0.6 is 11.3 Å². The van der Waals surface area contributed by atoms with Crippen LogP contribution in [0.2, 0.25) is 0 Å². The minimum absolute atomic E-state index is 0.0282. The summed E-state index contributed by atoms with van der Waals surface area (Å²) in [4.78, 5) is 18.7. The summed E-state index contributed by atoms with van der Waals surface area (Å²) >= 11 is 1.39. The van der Waals surface area contributed by atoms with E-state index in [4.69, 9.17) is 0 Å². The Bertz CT molecular complexity index is 710. The van der Waals surface area contributed by atoms with E-state index in [1.807, 2.05) is 25.5 Å². The molecule has 8 nitrogen and oxygen atoms in total. The smallest absolute Gasteiger partial charge is 0.240 e. The molecule has 0 aromatic carbocycles. The van der Waals surface area contributed by atoms with Crippen LogP contribution < -0.4 is 5.32 Å². The average molecular weight is 349 g/mol. The number of amides is 1. The van der Waals surface area contributed by atoms with Crippen molar-refractivity contribution >= 4 is 22.4 Å². The number of anilines is 1. The summed E-state index contributed by atoms with van der Waals surface area (Å²) in [7, 11) is 0. The van der Waals surface area contributed by atoms with Gasteiger partial charge in [-0.3, -0.25) is 15.0 Å². The lowest BCUT2D eigenvalue weighted by Crippen LogP contribution is -2.41. The normalized spacial score (nSPS) is 18.7. The third-order valence-corrected chi connectivity index (χ3v) is 4.89. The minimum Gasteiger partial charge on any atom is -0.299 e. The van der Waals surface area contributed by atoms with Gasteiger partial charge in [0.2, 0.25) is 11.0 Å². The number of rotatable bonds is 5. The zero-order valence-corrected chi connectivity index (χ0v) is 15.1. The Labute approximate surface area is 145 Å². The van der Waals surface area contributed by atoms with Crippen LogP contribution in [0, 0.1) is 26.7 Å². The fourth-order valence-electron chi connectivity index (χ4n) is 3.13. The Balaban J connectivity index is 1.51. The molecule has 1 aliphatic rings. The first-order valence-electron chi connectivity index (χ1n) is 8.20. The van der Waals surface area contributed by atoms with Gasteiger partial charge in [0, 0.05) is 13.1 Å². The largest absolute Gasteiger partial charge is 0.299 e. The molecule has 3 rings (SSSR count). The predicted molar refractivity (Wildman–Crippen MR) is 91.9 cm³/mol. The molecule has 3 heterocycles. The lowest BCUT2D eigenvalue weighted by molar-refractivity contribution is -0.117. The average Bonchev–Trinajstić information content (AvgIpc) is 3.05. The molecule has 0 radical (unpaired) electrons. The van der Waals surface area contributed by atoms with Crippen LogP contribution in [-0.2, 0) is 11.3 Å². The molecule has 0 aliphatic carbocycles. The molecule has 2 aromatic heterocycles. The second-order valence-electron chi connectivity index (χ2n) is 6.31. The lowest BCUT2D eigenvalue weighted by Gasteiger charge is -2.32. The molecule has 24 heavy (non-hydrogen) atoms. The highest BCUT2D eigenvalue weighted by Gasteiger charge is 2.23. The fourth-order valence-corrected chi connectivity index (χ4v) is 3.74. The first-order valence-corrected chi connectivity index (χ1v) is 9.01. The Morgan fingerprint density at radius 3 is 2.83 bits per heavy atom. The number of aryl methyl sites for hydroxylation is 3. The molecule has 0 saturated carbocycles. The molecule has 0 spiro atoms. The Kier molecular flexibility index (Phi) is 5.20. The van der Waals surface area contributed by atoms with Gasteiger partial charge in [0.05, 0.1) is 6.54 Å². The van der Waals surface area contributed by atoms with Crippen LogP contribution in [0.1, 0.15) is 29.5 Å². The lowest BCUT2D eigenvalue weighted by atomic mass is 9.98. The van der Waals surface area contributed by atoms with Crippen molar-refractivity contribution in [3.8, 4) is 0 Å². The maximum absolute atomic E-state index is 12.2. The Morgan fingerprint density at radius 2 is 2.17 bits per heavy atom. The van der Waals surface area contributed by atoms with E-state index in [2.05, 4.69) is 30.5 Å². The molecular formula is C15H23N7OS. The predicted octanol–water partition coefficient (Wildman–Crippen LogP) is 1.41. The fraction of sp³-hybridized carbons (Fsp3) is 0.667. The molecule has 1 N–H and O–H groups in total. The Morgan fingerprint density at radius 1 is 1.33 bits per heavy atom. The minimum atomic E-state index is -0.0282. The molecule has 130 valence electrons. The van der Waals surface area contributed by atoms with Gasteiger partial charge in [-0.15, -0.1) is 10.2 Å². The SMILES string of the molecule is Cc1nc(C)n(C[C@H]2CCCN(CC(=O)Nc3nnc(C)s3)C2)n1. The highest BCUT2D eigenvalue weighted by Crippen LogP contribution is 2.19. The molecule has 0 unspecified atom stereocenters. The first-order chi connectivity index (χ1) is 11.5. The first kappa shape index (κ1) is 17.0. The van der Waals surface area contributed by atoms with Gasteiger partial charge in [0.1, 0.15) is 16.7 Å². The molecule has 1 saturated heterocycles. The molecular weight excluding hydrogens is 326 g/mol. The number of piperidine rings is 1. The number of hydrogen-bond donors (Lipinski definition) is 1. The van der Waals surface area contributed by atoms with E-state index in [-0.39, 0.29) is 5.91 Å². The number of nitrogens with one attached hydrogen (secondary N) is 1. The molecule has 1 aliphatic heterocycles. The second kappa shape index (κ2) is 7.35. The van der Waals surface area contributed by atoms with Crippen molar-refractivity contribution in [2.75, 3.05) is 25.0 Å². The van der Waals surface area contributed by atoms with Crippen LogP contribution in [0.4, 0.5) is 5.13 Å². The summed E-state index contributed by atoms with van der Waals surface area (Å²) in [5, 5.41) is 16.5. The van der Waals surface area contributed by atoms with E-state index in [1.165, 1.54) is 11.3 Å². The zero-order chi connectivity index (χ0) is 17.1. The van der Waals surface area contributed by atoms with Gasteiger partial charge in [-0.25, -0.2) is 9.67 Å². The molecule has 0 bridgehead atoms. The van der Waals surface area contributed by atoms with Crippen LogP contribution in [-0.4, -0.2) is 55.4 Å². The van der Waals surface area contributed by atoms with Crippen LogP contribution in [0.3, 0.4) is 0 Å². The van der Waals surface area contributed by atoms with Gasteiger partial charge in [0.25, 0.3) is 0 Å². The van der Waals surface area contributed by atoms with E-state index in [9.17, 15) is 4.79 Å². The highest BCUT2D eigenvalue weighted by molar-refractivity contribution is 7.15. The highest BCUT2D eigenvalue weighted by atomic mass is 32.1. The maximum Gasteiger partial charge on any atom is 0.240 e. The van der Waals surface area contributed by atoms with E-state index in [0.29, 0.717) is 17.6 Å². The van der Waals surface area contributed by atoms with Gasteiger partial charge in [-0.05, 0) is 46.1 Å². The van der Waals surface area contributed by atoms with Gasteiger partial charge in [-0.1, -0.05) is 11.3 Å². The van der Waals surface area contributed by atoms with Gasteiger partial charge < -0.3 is 0 Å². The molecule has 1 atom stereocenters. The number of hydrogen-bond acceptors (Lipinski definition) is 7. The van der Waals surface area contributed by atoms with Crippen molar-refractivity contribution in [3.05, 3.63) is 16.7 Å².